The van der Waals surface area contributed by atoms with E-state index in [1.807, 2.05) is 12.1 Å². The van der Waals surface area contributed by atoms with Crippen molar-refractivity contribution in [1.29, 1.82) is 0 Å². The molecule has 0 radical (unpaired) electrons. The highest BCUT2D eigenvalue weighted by Crippen LogP contribution is 2.31. The van der Waals surface area contributed by atoms with Crippen LogP contribution >= 0.6 is 34.8 Å². The average Bonchev–Trinajstić information content (AvgIpc) is 2.18. The summed E-state index contributed by atoms with van der Waals surface area (Å²) in [6, 6.07) is 5.57. The van der Waals surface area contributed by atoms with Gasteiger partial charge in [0, 0.05) is 0 Å². The van der Waals surface area contributed by atoms with Gasteiger partial charge in [-0.1, -0.05) is 49.0 Å². The van der Waals surface area contributed by atoms with Gasteiger partial charge in [-0.3, -0.25) is 0 Å². The van der Waals surface area contributed by atoms with E-state index in [1.54, 1.807) is 6.07 Å². The average molecular weight is 252 g/mol. The summed E-state index contributed by atoms with van der Waals surface area (Å²) in [6.07, 6.45) is 3.27. The molecule has 0 N–H and O–H groups in total. The second-order valence-electron chi connectivity index (χ2n) is 3.28. The van der Waals surface area contributed by atoms with Crippen molar-refractivity contribution < 1.29 is 0 Å². The summed E-state index contributed by atoms with van der Waals surface area (Å²) in [5, 5.41) is 1.20. The third-order valence-electron chi connectivity index (χ3n) is 2.12. The van der Waals surface area contributed by atoms with Crippen molar-refractivity contribution >= 4 is 34.8 Å². The highest BCUT2D eigenvalue weighted by atomic mass is 35.5. The number of benzene rings is 1. The van der Waals surface area contributed by atoms with Gasteiger partial charge in [0.1, 0.15) is 0 Å². The van der Waals surface area contributed by atoms with E-state index >= 15 is 0 Å². The molecule has 3 heteroatoms. The van der Waals surface area contributed by atoms with Gasteiger partial charge in [-0.25, -0.2) is 0 Å². The number of halogens is 3. The molecule has 0 fully saturated rings. The van der Waals surface area contributed by atoms with E-state index in [4.69, 9.17) is 34.8 Å². The van der Waals surface area contributed by atoms with Gasteiger partial charge in [-0.15, -0.1) is 11.6 Å². The normalized spacial score (nSPS) is 12.9. The Morgan fingerprint density at radius 3 is 2.50 bits per heavy atom. The van der Waals surface area contributed by atoms with E-state index in [9.17, 15) is 0 Å². The fourth-order valence-corrected chi connectivity index (χ4v) is 1.85. The van der Waals surface area contributed by atoms with Crippen LogP contribution in [0.5, 0.6) is 0 Å². The summed E-state index contributed by atoms with van der Waals surface area (Å²) < 4.78 is 0. The minimum absolute atomic E-state index is 0.0460. The summed E-state index contributed by atoms with van der Waals surface area (Å²) in [5.41, 5.74) is 1.05. The standard InChI is InChI=1S/C11H13Cl3/c1-2-3-4-9(12)8-5-6-10(13)11(14)7-8/h5-7,9H,2-4H2,1H3. The first-order chi connectivity index (χ1) is 6.65. The Labute approximate surface area is 100 Å². The second kappa shape index (κ2) is 5.85. The van der Waals surface area contributed by atoms with E-state index in [-0.39, 0.29) is 5.38 Å². The molecule has 1 aromatic carbocycles. The van der Waals surface area contributed by atoms with Crippen LogP contribution in [0.25, 0.3) is 0 Å². The van der Waals surface area contributed by atoms with E-state index in [2.05, 4.69) is 6.92 Å². The smallest absolute Gasteiger partial charge is 0.0595 e. The third-order valence-corrected chi connectivity index (χ3v) is 3.33. The zero-order valence-corrected chi connectivity index (χ0v) is 10.3. The molecule has 14 heavy (non-hydrogen) atoms. The fraction of sp³-hybridized carbons (Fsp3) is 0.455. The SMILES string of the molecule is CCCCC(Cl)c1ccc(Cl)c(Cl)c1. The molecule has 0 aliphatic heterocycles. The minimum Gasteiger partial charge on any atom is -0.118 e. The number of rotatable bonds is 4. The van der Waals surface area contributed by atoms with E-state index < -0.39 is 0 Å². The molecule has 0 saturated heterocycles. The molecular formula is C11H13Cl3. The molecular weight excluding hydrogens is 238 g/mol. The topological polar surface area (TPSA) is 0 Å². The molecule has 0 aliphatic carbocycles. The van der Waals surface area contributed by atoms with E-state index in [0.717, 1.165) is 24.8 Å². The molecule has 0 bridgehead atoms. The maximum Gasteiger partial charge on any atom is 0.0595 e. The largest absolute Gasteiger partial charge is 0.118 e. The maximum absolute atomic E-state index is 6.21. The minimum atomic E-state index is 0.0460. The lowest BCUT2D eigenvalue weighted by atomic mass is 10.1. The van der Waals surface area contributed by atoms with Crippen molar-refractivity contribution in [3.05, 3.63) is 33.8 Å². The first-order valence-electron chi connectivity index (χ1n) is 4.74. The van der Waals surface area contributed by atoms with Crippen LogP contribution in [0.2, 0.25) is 10.0 Å². The first kappa shape index (κ1) is 12.2. The summed E-state index contributed by atoms with van der Waals surface area (Å²) >= 11 is 17.9. The van der Waals surface area contributed by atoms with Crippen LogP contribution in [0, 0.1) is 0 Å². The van der Waals surface area contributed by atoms with Gasteiger partial charge in [0.15, 0.2) is 0 Å². The highest BCUT2D eigenvalue weighted by molar-refractivity contribution is 6.42. The fourth-order valence-electron chi connectivity index (χ4n) is 1.26. The maximum atomic E-state index is 6.21. The number of hydrogen-bond donors (Lipinski definition) is 0. The van der Waals surface area contributed by atoms with Gasteiger partial charge in [0.05, 0.1) is 15.4 Å². The lowest BCUT2D eigenvalue weighted by Gasteiger charge is -2.09. The lowest BCUT2D eigenvalue weighted by Crippen LogP contribution is -1.90. The zero-order valence-electron chi connectivity index (χ0n) is 8.06. The second-order valence-corrected chi connectivity index (χ2v) is 4.62. The van der Waals surface area contributed by atoms with Crippen molar-refractivity contribution in [2.75, 3.05) is 0 Å². The summed E-state index contributed by atoms with van der Waals surface area (Å²) in [6.45, 7) is 2.15. The van der Waals surface area contributed by atoms with Crippen LogP contribution in [0.3, 0.4) is 0 Å². The van der Waals surface area contributed by atoms with Crippen molar-refractivity contribution in [3.63, 3.8) is 0 Å². The van der Waals surface area contributed by atoms with Crippen LogP contribution in [-0.2, 0) is 0 Å². The van der Waals surface area contributed by atoms with Gasteiger partial charge >= 0.3 is 0 Å². The van der Waals surface area contributed by atoms with Crippen molar-refractivity contribution in [1.82, 2.24) is 0 Å². The molecule has 1 aromatic rings. The Hall–Kier alpha value is 0.0900. The zero-order chi connectivity index (χ0) is 10.6. The van der Waals surface area contributed by atoms with E-state index in [1.165, 1.54) is 0 Å². The first-order valence-corrected chi connectivity index (χ1v) is 5.93. The molecule has 0 nitrogen and oxygen atoms in total. The quantitative estimate of drug-likeness (QED) is 0.623. The molecule has 0 aromatic heterocycles. The predicted octanol–water partition coefficient (Wildman–Crippen LogP) is 5.46. The van der Waals surface area contributed by atoms with Crippen LogP contribution in [0.1, 0.15) is 37.1 Å². The van der Waals surface area contributed by atoms with Gasteiger partial charge < -0.3 is 0 Å². The Kier molecular flexibility index (Phi) is 5.08. The van der Waals surface area contributed by atoms with E-state index in [0.29, 0.717) is 10.0 Å². The molecule has 0 aliphatic rings. The molecule has 1 atom stereocenters. The molecule has 0 heterocycles. The van der Waals surface area contributed by atoms with Crippen molar-refractivity contribution in [3.8, 4) is 0 Å². The highest BCUT2D eigenvalue weighted by Gasteiger charge is 2.08. The predicted molar refractivity (Wildman–Crippen MR) is 64.6 cm³/mol. The van der Waals surface area contributed by atoms with Crippen LogP contribution in [0.4, 0.5) is 0 Å². The third kappa shape index (κ3) is 3.34. The van der Waals surface area contributed by atoms with Crippen LogP contribution in [0.15, 0.2) is 18.2 Å². The monoisotopic (exact) mass is 250 g/mol. The number of unbranched alkanes of at least 4 members (excludes halogenated alkanes) is 1. The molecule has 0 spiro atoms. The summed E-state index contributed by atoms with van der Waals surface area (Å²) in [7, 11) is 0. The molecule has 78 valence electrons. The van der Waals surface area contributed by atoms with Crippen molar-refractivity contribution in [2.24, 2.45) is 0 Å². The molecule has 0 amide bonds. The van der Waals surface area contributed by atoms with Gasteiger partial charge in [-0.2, -0.15) is 0 Å². The number of alkyl halides is 1. The molecule has 1 unspecified atom stereocenters. The van der Waals surface area contributed by atoms with Crippen LogP contribution in [-0.4, -0.2) is 0 Å². The van der Waals surface area contributed by atoms with Gasteiger partial charge in [0.25, 0.3) is 0 Å². The Bertz CT molecular complexity index is 297. The summed E-state index contributed by atoms with van der Waals surface area (Å²) in [5.74, 6) is 0. The Morgan fingerprint density at radius 2 is 1.93 bits per heavy atom. The Morgan fingerprint density at radius 1 is 1.21 bits per heavy atom. The van der Waals surface area contributed by atoms with Crippen molar-refractivity contribution in [2.45, 2.75) is 31.6 Å². The summed E-state index contributed by atoms with van der Waals surface area (Å²) in [4.78, 5) is 0. The van der Waals surface area contributed by atoms with Crippen LogP contribution < -0.4 is 0 Å². The number of hydrogen-bond acceptors (Lipinski definition) is 0. The lowest BCUT2D eigenvalue weighted by molar-refractivity contribution is 0.701. The van der Waals surface area contributed by atoms with Gasteiger partial charge in [-0.05, 0) is 24.1 Å². The van der Waals surface area contributed by atoms with Gasteiger partial charge in [0.2, 0.25) is 0 Å². The Balaban J connectivity index is 2.70. The molecule has 1 rings (SSSR count). The molecule has 0 saturated carbocycles.